The molecule has 0 spiro atoms. The van der Waals surface area contributed by atoms with E-state index in [0.717, 1.165) is 5.56 Å². The maximum atomic E-state index is 8.72. The summed E-state index contributed by atoms with van der Waals surface area (Å²) in [5.41, 5.74) is 2.75. The fraction of sp³-hybridized carbons (Fsp3) is 0.154. The Morgan fingerprint density at radius 2 is 2.24 bits per heavy atom. The molecular weight excluding hydrogens is 212 g/mol. The van der Waals surface area contributed by atoms with E-state index in [1.54, 1.807) is 12.3 Å². The van der Waals surface area contributed by atoms with Crippen LogP contribution in [0.4, 0.5) is 5.95 Å². The van der Waals surface area contributed by atoms with Crippen molar-refractivity contribution in [1.82, 2.24) is 9.97 Å². The summed E-state index contributed by atoms with van der Waals surface area (Å²) in [6.07, 6.45) is 1.57. The molecule has 0 radical (unpaired) electrons. The van der Waals surface area contributed by atoms with E-state index >= 15 is 0 Å². The van der Waals surface area contributed by atoms with Crippen LogP contribution in [0.1, 0.15) is 16.8 Å². The summed E-state index contributed by atoms with van der Waals surface area (Å²) in [5.74, 6) is 0.477. The number of aromatic nitrogens is 2. The molecule has 0 atom stereocenters. The van der Waals surface area contributed by atoms with Crippen LogP contribution >= 0.6 is 0 Å². The van der Waals surface area contributed by atoms with Gasteiger partial charge >= 0.3 is 0 Å². The first-order valence-corrected chi connectivity index (χ1v) is 5.30. The van der Waals surface area contributed by atoms with Crippen LogP contribution in [0.15, 0.2) is 36.5 Å². The molecule has 0 fully saturated rings. The van der Waals surface area contributed by atoms with Gasteiger partial charge in [-0.25, -0.2) is 9.97 Å². The normalized spacial score (nSPS) is 9.65. The van der Waals surface area contributed by atoms with Crippen LogP contribution in [-0.2, 0) is 6.54 Å². The van der Waals surface area contributed by atoms with Crippen LogP contribution in [0.25, 0.3) is 0 Å². The lowest BCUT2D eigenvalue weighted by Crippen LogP contribution is -2.04. The lowest BCUT2D eigenvalue weighted by atomic mass is 10.1. The molecule has 2 rings (SSSR count). The van der Waals surface area contributed by atoms with Gasteiger partial charge in [0.1, 0.15) is 11.8 Å². The van der Waals surface area contributed by atoms with E-state index in [4.69, 9.17) is 5.26 Å². The van der Waals surface area contributed by atoms with Crippen LogP contribution in [0.3, 0.4) is 0 Å². The molecule has 0 aliphatic carbocycles. The van der Waals surface area contributed by atoms with Gasteiger partial charge in [0.25, 0.3) is 0 Å². The number of aryl methyl sites for hydroxylation is 1. The van der Waals surface area contributed by atoms with Gasteiger partial charge in [0.2, 0.25) is 5.95 Å². The summed E-state index contributed by atoms with van der Waals surface area (Å²) < 4.78 is 0. The molecule has 0 amide bonds. The molecule has 0 aliphatic rings. The van der Waals surface area contributed by atoms with Crippen LogP contribution < -0.4 is 5.32 Å². The molecule has 2 aromatic rings. The SMILES string of the molecule is Cc1cccc(CNc2nccc(C#N)n2)c1. The van der Waals surface area contributed by atoms with Crippen LogP contribution in [-0.4, -0.2) is 9.97 Å². The van der Waals surface area contributed by atoms with Gasteiger partial charge in [-0.3, -0.25) is 0 Å². The van der Waals surface area contributed by atoms with E-state index in [0.29, 0.717) is 18.2 Å². The molecular formula is C13H12N4. The molecule has 84 valence electrons. The van der Waals surface area contributed by atoms with E-state index in [2.05, 4.69) is 34.3 Å². The number of hydrogen-bond acceptors (Lipinski definition) is 4. The van der Waals surface area contributed by atoms with Crippen molar-refractivity contribution in [2.45, 2.75) is 13.5 Å². The van der Waals surface area contributed by atoms with E-state index in [-0.39, 0.29) is 0 Å². The Morgan fingerprint density at radius 1 is 1.35 bits per heavy atom. The molecule has 0 aliphatic heterocycles. The number of nitriles is 1. The second kappa shape index (κ2) is 5.08. The van der Waals surface area contributed by atoms with E-state index < -0.39 is 0 Å². The topological polar surface area (TPSA) is 61.6 Å². The number of nitrogens with zero attached hydrogens (tertiary/aromatic N) is 3. The summed E-state index contributed by atoms with van der Waals surface area (Å²) in [5, 5.41) is 11.8. The highest BCUT2D eigenvalue weighted by Gasteiger charge is 1.98. The van der Waals surface area contributed by atoms with Gasteiger partial charge in [-0.1, -0.05) is 29.8 Å². The van der Waals surface area contributed by atoms with E-state index in [1.165, 1.54) is 5.56 Å². The second-order valence-corrected chi connectivity index (χ2v) is 3.72. The summed E-state index contributed by atoms with van der Waals surface area (Å²) in [6, 6.07) is 11.8. The lowest BCUT2D eigenvalue weighted by Gasteiger charge is -2.05. The zero-order valence-corrected chi connectivity index (χ0v) is 9.51. The van der Waals surface area contributed by atoms with Gasteiger partial charge in [-0.2, -0.15) is 5.26 Å². The van der Waals surface area contributed by atoms with Crippen molar-refractivity contribution in [2.24, 2.45) is 0 Å². The Kier molecular flexibility index (Phi) is 3.31. The Labute approximate surface area is 100.0 Å². The standard InChI is InChI=1S/C13H12N4/c1-10-3-2-4-11(7-10)9-16-13-15-6-5-12(8-14)17-13/h2-7H,9H2,1H3,(H,15,16,17). The summed E-state index contributed by atoms with van der Waals surface area (Å²) >= 11 is 0. The van der Waals surface area contributed by atoms with Gasteiger partial charge in [-0.05, 0) is 18.6 Å². The highest BCUT2D eigenvalue weighted by atomic mass is 15.1. The van der Waals surface area contributed by atoms with Crippen molar-refractivity contribution in [3.05, 3.63) is 53.3 Å². The number of benzene rings is 1. The molecule has 1 heterocycles. The third-order valence-electron chi connectivity index (χ3n) is 2.30. The molecule has 4 heteroatoms. The smallest absolute Gasteiger partial charge is 0.224 e. The van der Waals surface area contributed by atoms with Crippen LogP contribution in [0, 0.1) is 18.3 Å². The van der Waals surface area contributed by atoms with Crippen molar-refractivity contribution >= 4 is 5.95 Å². The van der Waals surface area contributed by atoms with Crippen LogP contribution in [0.5, 0.6) is 0 Å². The van der Waals surface area contributed by atoms with Crippen molar-refractivity contribution in [3.63, 3.8) is 0 Å². The monoisotopic (exact) mass is 224 g/mol. The molecule has 0 saturated carbocycles. The second-order valence-electron chi connectivity index (χ2n) is 3.72. The van der Waals surface area contributed by atoms with Gasteiger partial charge < -0.3 is 5.32 Å². The lowest BCUT2D eigenvalue weighted by molar-refractivity contribution is 1.04. The maximum absolute atomic E-state index is 8.72. The quantitative estimate of drug-likeness (QED) is 0.868. The first kappa shape index (κ1) is 11.1. The zero-order chi connectivity index (χ0) is 12.1. The molecule has 1 aromatic heterocycles. The summed E-state index contributed by atoms with van der Waals surface area (Å²) in [6.45, 7) is 2.70. The fourth-order valence-corrected chi connectivity index (χ4v) is 1.51. The number of rotatable bonds is 3. The third kappa shape index (κ3) is 3.02. The average molecular weight is 224 g/mol. The maximum Gasteiger partial charge on any atom is 0.224 e. The zero-order valence-electron chi connectivity index (χ0n) is 9.51. The van der Waals surface area contributed by atoms with Gasteiger partial charge in [0.15, 0.2) is 0 Å². The molecule has 0 bridgehead atoms. The molecule has 1 N–H and O–H groups in total. The van der Waals surface area contributed by atoms with Gasteiger partial charge in [0, 0.05) is 12.7 Å². The van der Waals surface area contributed by atoms with E-state index in [1.807, 2.05) is 18.2 Å². The third-order valence-corrected chi connectivity index (χ3v) is 2.30. The summed E-state index contributed by atoms with van der Waals surface area (Å²) in [7, 11) is 0. The highest BCUT2D eigenvalue weighted by Crippen LogP contribution is 2.06. The Bertz CT molecular complexity index is 557. The Balaban J connectivity index is 2.05. The number of hydrogen-bond donors (Lipinski definition) is 1. The minimum absolute atomic E-state index is 0.367. The average Bonchev–Trinajstić information content (AvgIpc) is 2.37. The van der Waals surface area contributed by atoms with Crippen molar-refractivity contribution in [3.8, 4) is 6.07 Å². The first-order chi connectivity index (χ1) is 8.28. The Hall–Kier alpha value is -2.41. The van der Waals surface area contributed by atoms with Crippen molar-refractivity contribution < 1.29 is 0 Å². The molecule has 4 nitrogen and oxygen atoms in total. The largest absolute Gasteiger partial charge is 0.350 e. The molecule has 17 heavy (non-hydrogen) atoms. The molecule has 0 unspecified atom stereocenters. The number of nitrogens with one attached hydrogen (secondary N) is 1. The van der Waals surface area contributed by atoms with Gasteiger partial charge in [0.05, 0.1) is 0 Å². The summed E-state index contributed by atoms with van der Waals surface area (Å²) in [4.78, 5) is 8.10. The fourth-order valence-electron chi connectivity index (χ4n) is 1.51. The number of anilines is 1. The molecule has 0 saturated heterocycles. The Morgan fingerprint density at radius 3 is 3.00 bits per heavy atom. The predicted octanol–water partition coefficient (Wildman–Crippen LogP) is 2.27. The van der Waals surface area contributed by atoms with Crippen molar-refractivity contribution in [2.75, 3.05) is 5.32 Å². The highest BCUT2D eigenvalue weighted by molar-refractivity contribution is 5.32. The van der Waals surface area contributed by atoms with Crippen molar-refractivity contribution in [1.29, 1.82) is 5.26 Å². The minimum Gasteiger partial charge on any atom is -0.350 e. The van der Waals surface area contributed by atoms with E-state index in [9.17, 15) is 0 Å². The first-order valence-electron chi connectivity index (χ1n) is 5.30. The molecule has 1 aromatic carbocycles. The van der Waals surface area contributed by atoms with Gasteiger partial charge in [-0.15, -0.1) is 0 Å². The predicted molar refractivity (Wildman–Crippen MR) is 65.3 cm³/mol. The minimum atomic E-state index is 0.367. The van der Waals surface area contributed by atoms with Crippen LogP contribution in [0.2, 0.25) is 0 Å².